The third-order valence-corrected chi connectivity index (χ3v) is 2.55. The Morgan fingerprint density at radius 1 is 1.47 bits per heavy atom. The fraction of sp³-hybridized carbons (Fsp3) is 0.400. The van der Waals surface area contributed by atoms with Crippen molar-refractivity contribution in [1.29, 1.82) is 0 Å². The number of thioether (sulfide) groups is 1. The summed E-state index contributed by atoms with van der Waals surface area (Å²) in [6, 6.07) is 2.09. The van der Waals surface area contributed by atoms with Crippen LogP contribution in [0.1, 0.15) is 0 Å². The average Bonchev–Trinajstić information content (AvgIpc) is 2.24. The third-order valence-electron chi connectivity index (χ3n) is 1.94. The van der Waals surface area contributed by atoms with Crippen molar-refractivity contribution in [3.8, 4) is 5.75 Å². The zero-order valence-electron chi connectivity index (χ0n) is 9.17. The van der Waals surface area contributed by atoms with Crippen LogP contribution in [0.25, 0.3) is 0 Å². The maximum absolute atomic E-state index is 13.2. The maximum Gasteiger partial charge on any atom is 0.387 e. The van der Waals surface area contributed by atoms with E-state index in [-0.39, 0.29) is 5.69 Å². The Balaban J connectivity index is 2.82. The SMILES string of the molecule is CSCCNc1cc(OC(F)F)c(F)cc1N. The van der Waals surface area contributed by atoms with E-state index < -0.39 is 18.2 Å². The second kappa shape index (κ2) is 6.48. The van der Waals surface area contributed by atoms with Crippen LogP contribution in [-0.2, 0) is 0 Å². The van der Waals surface area contributed by atoms with Gasteiger partial charge in [0.15, 0.2) is 11.6 Å². The van der Waals surface area contributed by atoms with E-state index in [4.69, 9.17) is 5.73 Å². The highest BCUT2D eigenvalue weighted by Gasteiger charge is 2.13. The first-order chi connectivity index (χ1) is 8.04. The van der Waals surface area contributed by atoms with Crippen LogP contribution in [0.3, 0.4) is 0 Å². The Bertz CT molecular complexity index is 377. The normalized spacial score (nSPS) is 10.6. The van der Waals surface area contributed by atoms with Crippen molar-refractivity contribution < 1.29 is 17.9 Å². The van der Waals surface area contributed by atoms with Gasteiger partial charge in [-0.3, -0.25) is 0 Å². The summed E-state index contributed by atoms with van der Waals surface area (Å²) in [4.78, 5) is 0. The summed E-state index contributed by atoms with van der Waals surface area (Å²) in [7, 11) is 0. The highest BCUT2D eigenvalue weighted by molar-refractivity contribution is 7.98. The third kappa shape index (κ3) is 4.26. The minimum absolute atomic E-state index is 0.158. The highest BCUT2D eigenvalue weighted by atomic mass is 32.2. The van der Waals surface area contributed by atoms with E-state index >= 15 is 0 Å². The molecule has 0 radical (unpaired) electrons. The molecule has 0 heterocycles. The quantitative estimate of drug-likeness (QED) is 0.614. The van der Waals surface area contributed by atoms with E-state index in [2.05, 4.69) is 10.1 Å². The monoisotopic (exact) mass is 266 g/mol. The van der Waals surface area contributed by atoms with E-state index in [1.807, 2.05) is 6.26 Å². The molecule has 0 aromatic heterocycles. The molecule has 1 rings (SSSR count). The summed E-state index contributed by atoms with van der Waals surface area (Å²) in [5.74, 6) is -0.596. The number of halogens is 3. The van der Waals surface area contributed by atoms with Gasteiger partial charge in [0, 0.05) is 24.4 Å². The van der Waals surface area contributed by atoms with Crippen molar-refractivity contribution >= 4 is 23.1 Å². The van der Waals surface area contributed by atoms with Gasteiger partial charge in [-0.1, -0.05) is 0 Å². The predicted octanol–water partition coefficient (Wildman–Crippen LogP) is 2.78. The summed E-state index contributed by atoms with van der Waals surface area (Å²) < 4.78 is 41.2. The molecule has 0 spiro atoms. The molecule has 0 fully saturated rings. The van der Waals surface area contributed by atoms with E-state index in [0.717, 1.165) is 17.9 Å². The van der Waals surface area contributed by atoms with E-state index in [9.17, 15) is 13.2 Å². The van der Waals surface area contributed by atoms with Crippen LogP contribution in [0.15, 0.2) is 12.1 Å². The molecule has 0 saturated heterocycles. The Morgan fingerprint density at radius 2 is 2.18 bits per heavy atom. The van der Waals surface area contributed by atoms with E-state index in [0.29, 0.717) is 12.2 Å². The topological polar surface area (TPSA) is 47.3 Å². The van der Waals surface area contributed by atoms with Crippen LogP contribution in [0, 0.1) is 5.82 Å². The van der Waals surface area contributed by atoms with Crippen LogP contribution in [0.2, 0.25) is 0 Å². The summed E-state index contributed by atoms with van der Waals surface area (Å²) in [6.07, 6.45) is 1.93. The number of nitrogens with two attached hydrogens (primary N) is 1. The smallest absolute Gasteiger partial charge is 0.387 e. The molecule has 0 bridgehead atoms. The minimum atomic E-state index is -3.06. The zero-order valence-corrected chi connectivity index (χ0v) is 9.99. The second-order valence-electron chi connectivity index (χ2n) is 3.17. The lowest BCUT2D eigenvalue weighted by Crippen LogP contribution is -2.09. The lowest BCUT2D eigenvalue weighted by molar-refractivity contribution is -0.0521. The highest BCUT2D eigenvalue weighted by Crippen LogP contribution is 2.29. The standard InChI is InChI=1S/C10H13F3N2OS/c1-17-3-2-15-8-5-9(16-10(12)13)6(11)4-7(8)14/h4-5,10,15H,2-3,14H2,1H3. The molecule has 0 unspecified atom stereocenters. The minimum Gasteiger partial charge on any atom is -0.432 e. The molecule has 17 heavy (non-hydrogen) atoms. The molecule has 96 valence electrons. The number of hydrogen-bond donors (Lipinski definition) is 2. The molecular weight excluding hydrogens is 253 g/mol. The zero-order chi connectivity index (χ0) is 12.8. The molecular formula is C10H13F3N2OS. The van der Waals surface area contributed by atoms with Crippen LogP contribution in [0.5, 0.6) is 5.75 Å². The number of rotatable bonds is 6. The molecule has 7 heteroatoms. The van der Waals surface area contributed by atoms with Crippen molar-refractivity contribution in [2.45, 2.75) is 6.61 Å². The molecule has 0 saturated carbocycles. The fourth-order valence-corrected chi connectivity index (χ4v) is 1.50. The van der Waals surface area contributed by atoms with Gasteiger partial charge in [0.2, 0.25) is 0 Å². The van der Waals surface area contributed by atoms with Crippen molar-refractivity contribution in [2.24, 2.45) is 0 Å². The summed E-state index contributed by atoms with van der Waals surface area (Å²) >= 11 is 1.62. The molecule has 1 aromatic rings. The van der Waals surface area contributed by atoms with Crippen LogP contribution in [0.4, 0.5) is 24.5 Å². The van der Waals surface area contributed by atoms with Crippen molar-refractivity contribution in [3.63, 3.8) is 0 Å². The number of benzene rings is 1. The molecule has 0 atom stereocenters. The van der Waals surface area contributed by atoms with E-state index in [1.165, 1.54) is 0 Å². The summed E-state index contributed by atoms with van der Waals surface area (Å²) in [5, 5.41) is 2.92. The van der Waals surface area contributed by atoms with Crippen molar-refractivity contribution in [3.05, 3.63) is 17.9 Å². The van der Waals surface area contributed by atoms with Gasteiger partial charge in [0.25, 0.3) is 0 Å². The van der Waals surface area contributed by atoms with Crippen LogP contribution in [-0.4, -0.2) is 25.2 Å². The molecule has 3 nitrogen and oxygen atoms in total. The molecule has 0 amide bonds. The maximum atomic E-state index is 13.2. The molecule has 0 aliphatic carbocycles. The first kappa shape index (κ1) is 13.8. The van der Waals surface area contributed by atoms with Gasteiger partial charge >= 0.3 is 6.61 Å². The number of nitrogens with one attached hydrogen (secondary N) is 1. The van der Waals surface area contributed by atoms with Crippen LogP contribution < -0.4 is 15.8 Å². The average molecular weight is 266 g/mol. The molecule has 0 aliphatic heterocycles. The Labute approximate surface area is 102 Å². The van der Waals surface area contributed by atoms with Gasteiger partial charge in [-0.15, -0.1) is 0 Å². The van der Waals surface area contributed by atoms with Gasteiger partial charge in [0.1, 0.15) is 0 Å². The van der Waals surface area contributed by atoms with E-state index in [1.54, 1.807) is 11.8 Å². The number of anilines is 2. The van der Waals surface area contributed by atoms with Gasteiger partial charge < -0.3 is 15.8 Å². The Morgan fingerprint density at radius 3 is 2.76 bits per heavy atom. The lowest BCUT2D eigenvalue weighted by Gasteiger charge is -2.12. The number of hydrogen-bond acceptors (Lipinski definition) is 4. The Hall–Kier alpha value is -1.24. The molecule has 0 aliphatic rings. The number of alkyl halides is 2. The van der Waals surface area contributed by atoms with Gasteiger partial charge in [-0.25, -0.2) is 4.39 Å². The van der Waals surface area contributed by atoms with Crippen LogP contribution >= 0.6 is 11.8 Å². The largest absolute Gasteiger partial charge is 0.432 e. The fourth-order valence-electron chi connectivity index (χ4n) is 1.20. The molecule has 3 N–H and O–H groups in total. The predicted molar refractivity (Wildman–Crippen MR) is 64.3 cm³/mol. The van der Waals surface area contributed by atoms with Crippen molar-refractivity contribution in [2.75, 3.05) is 29.6 Å². The van der Waals surface area contributed by atoms with Gasteiger partial charge in [-0.2, -0.15) is 20.5 Å². The summed E-state index contributed by atoms with van der Waals surface area (Å²) in [5.41, 5.74) is 6.09. The van der Waals surface area contributed by atoms with Gasteiger partial charge in [-0.05, 0) is 6.26 Å². The van der Waals surface area contributed by atoms with Gasteiger partial charge in [0.05, 0.1) is 11.4 Å². The Kier molecular flexibility index (Phi) is 5.27. The second-order valence-corrected chi connectivity index (χ2v) is 4.15. The number of ether oxygens (including phenoxy) is 1. The van der Waals surface area contributed by atoms with Crippen molar-refractivity contribution in [1.82, 2.24) is 0 Å². The summed E-state index contributed by atoms with van der Waals surface area (Å²) in [6.45, 7) is -2.46. The first-order valence-corrected chi connectivity index (χ1v) is 6.20. The number of nitrogen functional groups attached to an aromatic ring is 1. The first-order valence-electron chi connectivity index (χ1n) is 4.81. The molecule has 1 aromatic carbocycles. The lowest BCUT2D eigenvalue weighted by atomic mass is 10.2.